The van der Waals surface area contributed by atoms with Crippen LogP contribution in [0.1, 0.15) is 25.3 Å². The molecule has 0 atom stereocenters. The van der Waals surface area contributed by atoms with E-state index in [1.165, 1.54) is 12.1 Å². The summed E-state index contributed by atoms with van der Waals surface area (Å²) in [4.78, 5) is 33.3. The molecule has 1 aromatic carbocycles. The van der Waals surface area contributed by atoms with Gasteiger partial charge < -0.3 is 15.4 Å². The van der Waals surface area contributed by atoms with Crippen molar-refractivity contribution >= 4 is 40.6 Å². The number of anilines is 1. The quantitative estimate of drug-likeness (QED) is 0.353. The molecule has 8 nitrogen and oxygen atoms in total. The van der Waals surface area contributed by atoms with Crippen molar-refractivity contribution in [3.05, 3.63) is 33.9 Å². The smallest absolute Gasteiger partial charge is 0.306 e. The number of nitro groups is 1. The minimum atomic E-state index is -0.541. The fraction of sp³-hybridized carbons (Fsp3) is 0.357. The molecule has 0 spiro atoms. The number of amides is 1. The average Bonchev–Trinajstić information content (AvgIpc) is 2.47. The molecule has 23 heavy (non-hydrogen) atoms. The second kappa shape index (κ2) is 8.79. The van der Waals surface area contributed by atoms with E-state index < -0.39 is 16.8 Å². The minimum Gasteiger partial charge on any atom is -0.466 e. The molecule has 0 radical (unpaired) electrons. The fourth-order valence-corrected chi connectivity index (χ4v) is 1.91. The maximum Gasteiger partial charge on any atom is 0.306 e. The molecule has 0 heterocycles. The highest BCUT2D eigenvalue weighted by molar-refractivity contribution is 7.80. The Morgan fingerprint density at radius 2 is 2.04 bits per heavy atom. The number of nitrogens with one attached hydrogen (secondary N) is 2. The Hall–Kier alpha value is -2.55. The Kier molecular flexibility index (Phi) is 7.07. The monoisotopic (exact) mass is 339 g/mol. The van der Waals surface area contributed by atoms with Crippen molar-refractivity contribution in [3.63, 3.8) is 0 Å². The summed E-state index contributed by atoms with van der Waals surface area (Å²) in [5, 5.41) is 15.9. The van der Waals surface area contributed by atoms with E-state index in [0.717, 1.165) is 5.56 Å². The molecule has 1 amide bonds. The van der Waals surface area contributed by atoms with Crippen LogP contribution in [-0.4, -0.2) is 28.5 Å². The van der Waals surface area contributed by atoms with Crippen molar-refractivity contribution in [2.75, 3.05) is 11.9 Å². The Bertz CT molecular complexity index is 633. The van der Waals surface area contributed by atoms with E-state index in [-0.39, 0.29) is 35.9 Å². The number of carbonyl (C=O) groups excluding carboxylic acids is 2. The number of hydrogen-bond acceptors (Lipinski definition) is 6. The van der Waals surface area contributed by atoms with Gasteiger partial charge in [-0.15, -0.1) is 0 Å². The highest BCUT2D eigenvalue weighted by Gasteiger charge is 2.16. The molecule has 0 bridgehead atoms. The normalized spacial score (nSPS) is 9.83. The van der Waals surface area contributed by atoms with Gasteiger partial charge in [-0.25, -0.2) is 0 Å². The Morgan fingerprint density at radius 1 is 1.35 bits per heavy atom. The van der Waals surface area contributed by atoms with E-state index in [2.05, 4.69) is 10.6 Å². The number of nitrogens with zero attached hydrogens (tertiary/aromatic N) is 1. The number of benzene rings is 1. The Balaban J connectivity index is 2.58. The van der Waals surface area contributed by atoms with Gasteiger partial charge in [0.2, 0.25) is 5.91 Å². The number of rotatable bonds is 6. The van der Waals surface area contributed by atoms with Gasteiger partial charge in [0.25, 0.3) is 5.69 Å². The fourth-order valence-electron chi connectivity index (χ4n) is 1.69. The number of carbonyl (C=O) groups is 2. The average molecular weight is 339 g/mol. The number of ether oxygens (including phenoxy) is 1. The molecule has 0 aliphatic carbocycles. The maximum absolute atomic E-state index is 11.6. The SMILES string of the molecule is CCOC(=O)CCC(=O)NC(=S)Nc1ccc(C)cc1[N+](=O)[O-]. The van der Waals surface area contributed by atoms with Gasteiger partial charge in [0.15, 0.2) is 5.11 Å². The van der Waals surface area contributed by atoms with Gasteiger partial charge in [0.1, 0.15) is 5.69 Å². The van der Waals surface area contributed by atoms with Crippen molar-refractivity contribution in [1.29, 1.82) is 0 Å². The minimum absolute atomic E-state index is 0.0625. The molecule has 0 aliphatic rings. The zero-order chi connectivity index (χ0) is 17.4. The van der Waals surface area contributed by atoms with Crippen LogP contribution in [0.25, 0.3) is 0 Å². The summed E-state index contributed by atoms with van der Waals surface area (Å²) in [6.07, 6.45) is -0.149. The standard InChI is InChI=1S/C14H17N3O5S/c1-3-22-13(19)7-6-12(18)16-14(23)15-10-5-4-9(2)8-11(10)17(20)21/h4-5,8H,3,6-7H2,1-2H3,(H2,15,16,18,23). The molecular formula is C14H17N3O5S. The van der Waals surface area contributed by atoms with Crippen molar-refractivity contribution in [3.8, 4) is 0 Å². The van der Waals surface area contributed by atoms with Gasteiger partial charge in [0.05, 0.1) is 18.0 Å². The summed E-state index contributed by atoms with van der Waals surface area (Å²) in [5.41, 5.74) is 0.760. The first-order chi connectivity index (χ1) is 10.8. The summed E-state index contributed by atoms with van der Waals surface area (Å²) in [6.45, 7) is 3.65. The van der Waals surface area contributed by atoms with Crippen LogP contribution >= 0.6 is 12.2 Å². The highest BCUT2D eigenvalue weighted by atomic mass is 32.1. The topological polar surface area (TPSA) is 111 Å². The van der Waals surface area contributed by atoms with Crippen LogP contribution in [0.15, 0.2) is 18.2 Å². The summed E-state index contributed by atoms with van der Waals surface area (Å²) < 4.78 is 4.70. The zero-order valence-corrected chi connectivity index (χ0v) is 13.6. The summed E-state index contributed by atoms with van der Waals surface area (Å²) >= 11 is 4.94. The summed E-state index contributed by atoms with van der Waals surface area (Å²) in [5.74, 6) is -0.957. The molecule has 0 aromatic heterocycles. The van der Waals surface area contributed by atoms with Crippen molar-refractivity contribution in [2.24, 2.45) is 0 Å². The van der Waals surface area contributed by atoms with E-state index in [1.807, 2.05) is 0 Å². The van der Waals surface area contributed by atoms with E-state index in [9.17, 15) is 19.7 Å². The molecule has 1 aromatic rings. The lowest BCUT2D eigenvalue weighted by Gasteiger charge is -2.10. The Labute approximate surface area is 138 Å². The molecule has 124 valence electrons. The van der Waals surface area contributed by atoms with Crippen LogP contribution in [0.3, 0.4) is 0 Å². The first-order valence-corrected chi connectivity index (χ1v) is 7.25. The summed E-state index contributed by atoms with van der Waals surface area (Å²) in [7, 11) is 0. The molecule has 1 rings (SSSR count). The van der Waals surface area contributed by atoms with Gasteiger partial charge in [-0.1, -0.05) is 6.07 Å². The lowest BCUT2D eigenvalue weighted by molar-refractivity contribution is -0.383. The number of hydrogen-bond donors (Lipinski definition) is 2. The van der Waals surface area contributed by atoms with Crippen LogP contribution < -0.4 is 10.6 Å². The second-order valence-electron chi connectivity index (χ2n) is 4.59. The number of thiocarbonyl (C=S) groups is 1. The Morgan fingerprint density at radius 3 is 2.65 bits per heavy atom. The molecule has 0 aliphatic heterocycles. The first kappa shape index (κ1) is 18.5. The third-order valence-corrected chi connectivity index (χ3v) is 2.92. The molecule has 0 fully saturated rings. The third-order valence-electron chi connectivity index (χ3n) is 2.71. The van der Waals surface area contributed by atoms with Crippen LogP contribution in [-0.2, 0) is 14.3 Å². The largest absolute Gasteiger partial charge is 0.466 e. The van der Waals surface area contributed by atoms with Crippen molar-refractivity contribution in [1.82, 2.24) is 5.32 Å². The molecule has 0 unspecified atom stereocenters. The van der Waals surface area contributed by atoms with Crippen LogP contribution in [0.2, 0.25) is 0 Å². The van der Waals surface area contributed by atoms with Gasteiger partial charge in [0, 0.05) is 12.5 Å². The third kappa shape index (κ3) is 6.39. The molecule has 0 saturated heterocycles. The predicted octanol–water partition coefficient (Wildman–Crippen LogP) is 2.06. The van der Waals surface area contributed by atoms with Crippen LogP contribution in [0, 0.1) is 17.0 Å². The van der Waals surface area contributed by atoms with Crippen LogP contribution in [0.5, 0.6) is 0 Å². The van der Waals surface area contributed by atoms with E-state index in [4.69, 9.17) is 17.0 Å². The second-order valence-corrected chi connectivity index (χ2v) is 4.99. The lowest BCUT2D eigenvalue weighted by atomic mass is 10.2. The van der Waals surface area contributed by atoms with Crippen molar-refractivity contribution < 1.29 is 19.2 Å². The maximum atomic E-state index is 11.6. The number of aryl methyl sites for hydroxylation is 1. The van der Waals surface area contributed by atoms with Gasteiger partial charge in [-0.2, -0.15) is 0 Å². The number of esters is 1. The highest BCUT2D eigenvalue weighted by Crippen LogP contribution is 2.25. The molecule has 9 heteroatoms. The predicted molar refractivity (Wildman–Crippen MR) is 88.1 cm³/mol. The van der Waals surface area contributed by atoms with Gasteiger partial charge in [-0.05, 0) is 37.7 Å². The zero-order valence-electron chi connectivity index (χ0n) is 12.8. The molecular weight excluding hydrogens is 322 g/mol. The van der Waals surface area contributed by atoms with E-state index in [1.54, 1.807) is 19.9 Å². The summed E-state index contributed by atoms with van der Waals surface area (Å²) in [6, 6.07) is 4.58. The first-order valence-electron chi connectivity index (χ1n) is 6.85. The number of nitro benzene ring substituents is 1. The van der Waals surface area contributed by atoms with Crippen LogP contribution in [0.4, 0.5) is 11.4 Å². The van der Waals surface area contributed by atoms with Gasteiger partial charge >= 0.3 is 5.97 Å². The van der Waals surface area contributed by atoms with Crippen molar-refractivity contribution in [2.45, 2.75) is 26.7 Å². The molecule has 0 saturated carbocycles. The van der Waals surface area contributed by atoms with E-state index in [0.29, 0.717) is 0 Å². The van der Waals surface area contributed by atoms with Gasteiger partial charge in [-0.3, -0.25) is 19.7 Å². The molecule has 2 N–H and O–H groups in total. The lowest BCUT2D eigenvalue weighted by Crippen LogP contribution is -2.34. The van der Waals surface area contributed by atoms with E-state index >= 15 is 0 Å².